The molecule has 0 radical (unpaired) electrons. The van der Waals surface area contributed by atoms with Crippen molar-refractivity contribution in [2.45, 2.75) is 25.4 Å². The normalized spacial score (nSPS) is 17.3. The van der Waals surface area contributed by atoms with Gasteiger partial charge in [-0.15, -0.1) is 11.3 Å². The maximum absolute atomic E-state index is 12.7. The fourth-order valence-electron chi connectivity index (χ4n) is 3.39. The zero-order valence-corrected chi connectivity index (χ0v) is 15.7. The number of aromatic nitrogens is 2. The summed E-state index contributed by atoms with van der Waals surface area (Å²) in [4.78, 5) is 32.2. The quantitative estimate of drug-likeness (QED) is 0.731. The van der Waals surface area contributed by atoms with Crippen molar-refractivity contribution in [1.82, 2.24) is 14.3 Å². The van der Waals surface area contributed by atoms with Crippen molar-refractivity contribution in [3.8, 4) is 5.75 Å². The lowest BCUT2D eigenvalue weighted by molar-refractivity contribution is -0.120. The number of amides is 1. The van der Waals surface area contributed by atoms with E-state index in [1.165, 1.54) is 15.7 Å². The van der Waals surface area contributed by atoms with E-state index in [4.69, 9.17) is 4.74 Å². The topological polar surface area (TPSA) is 75.9 Å². The Morgan fingerprint density at radius 2 is 2.19 bits per heavy atom. The van der Waals surface area contributed by atoms with Crippen molar-refractivity contribution in [1.29, 1.82) is 0 Å². The molecule has 1 aliphatic rings. The van der Waals surface area contributed by atoms with Gasteiger partial charge in [0.05, 0.1) is 18.8 Å². The smallest absolute Gasteiger partial charge is 0.258 e. The summed E-state index contributed by atoms with van der Waals surface area (Å²) in [6.07, 6.45) is 3.46. The highest BCUT2D eigenvalue weighted by Crippen LogP contribution is 2.22. The number of hydrogen-bond donors (Lipinski definition) is 1. The van der Waals surface area contributed by atoms with Crippen LogP contribution < -0.4 is 15.6 Å². The van der Waals surface area contributed by atoms with E-state index in [1.807, 2.05) is 29.6 Å². The van der Waals surface area contributed by atoms with E-state index in [0.29, 0.717) is 17.2 Å². The molecular weight excluding hydrogens is 364 g/mol. The van der Waals surface area contributed by atoms with Crippen LogP contribution in [0.15, 0.2) is 46.7 Å². The third-order valence-electron chi connectivity index (χ3n) is 4.75. The van der Waals surface area contributed by atoms with Gasteiger partial charge in [-0.2, -0.15) is 0 Å². The summed E-state index contributed by atoms with van der Waals surface area (Å²) in [5.74, 6) is 0.711. The van der Waals surface area contributed by atoms with Crippen LogP contribution in [0, 0.1) is 0 Å². The van der Waals surface area contributed by atoms with Crippen LogP contribution in [0.5, 0.6) is 5.75 Å². The Kier molecular flexibility index (Phi) is 4.91. The Balaban J connectivity index is 1.47. The molecule has 1 atom stereocenters. The van der Waals surface area contributed by atoms with Gasteiger partial charge >= 0.3 is 0 Å². The number of rotatable bonds is 5. The second-order valence-electron chi connectivity index (χ2n) is 6.49. The van der Waals surface area contributed by atoms with Crippen LogP contribution in [0.2, 0.25) is 0 Å². The highest BCUT2D eigenvalue weighted by molar-refractivity contribution is 7.15. The number of benzene rings is 1. The maximum Gasteiger partial charge on any atom is 0.258 e. The van der Waals surface area contributed by atoms with Gasteiger partial charge in [0.25, 0.3) is 5.56 Å². The molecule has 8 heteroatoms. The van der Waals surface area contributed by atoms with E-state index >= 15 is 0 Å². The van der Waals surface area contributed by atoms with Gasteiger partial charge in [0.2, 0.25) is 5.91 Å². The molecule has 0 spiro atoms. The summed E-state index contributed by atoms with van der Waals surface area (Å²) in [6.45, 7) is 1.30. The standard InChI is InChI=1S/C19H20N4O3S/c1-26-15-6-4-13(5-7-15)20-18(25)16-3-2-8-22(16)12-14-11-17(24)23-9-10-27-19(23)21-14/h4-7,9-11,16H,2-3,8,12H2,1H3,(H,20,25). The molecule has 1 aliphatic heterocycles. The van der Waals surface area contributed by atoms with Crippen molar-refractivity contribution >= 4 is 27.9 Å². The molecule has 4 rings (SSSR count). The number of likely N-dealkylation sites (tertiary alicyclic amines) is 1. The van der Waals surface area contributed by atoms with Gasteiger partial charge < -0.3 is 10.1 Å². The first-order valence-corrected chi connectivity index (χ1v) is 9.67. The summed E-state index contributed by atoms with van der Waals surface area (Å²) in [5.41, 5.74) is 1.35. The SMILES string of the molecule is COc1ccc(NC(=O)C2CCCN2Cc2cc(=O)n3ccsc3n2)cc1. The Morgan fingerprint density at radius 1 is 1.37 bits per heavy atom. The molecular formula is C19H20N4O3S. The Morgan fingerprint density at radius 3 is 2.96 bits per heavy atom. The van der Waals surface area contributed by atoms with Gasteiger partial charge in [-0.25, -0.2) is 4.98 Å². The van der Waals surface area contributed by atoms with Crippen LogP contribution in [0.4, 0.5) is 5.69 Å². The third kappa shape index (κ3) is 3.72. The predicted octanol–water partition coefficient (Wildman–Crippen LogP) is 2.37. The highest BCUT2D eigenvalue weighted by Gasteiger charge is 2.31. The third-order valence-corrected chi connectivity index (χ3v) is 5.50. The van der Waals surface area contributed by atoms with Crippen molar-refractivity contribution in [2.75, 3.05) is 19.0 Å². The Labute approximate surface area is 160 Å². The Hall–Kier alpha value is -2.71. The van der Waals surface area contributed by atoms with Crippen LogP contribution in [-0.4, -0.2) is 39.9 Å². The van der Waals surface area contributed by atoms with E-state index in [1.54, 1.807) is 19.4 Å². The van der Waals surface area contributed by atoms with Crippen LogP contribution in [0.25, 0.3) is 4.96 Å². The van der Waals surface area contributed by atoms with E-state index in [2.05, 4.69) is 15.2 Å². The molecule has 1 unspecified atom stereocenters. The van der Waals surface area contributed by atoms with Gasteiger partial charge in [0, 0.05) is 29.9 Å². The first-order chi connectivity index (χ1) is 13.1. The highest BCUT2D eigenvalue weighted by atomic mass is 32.1. The lowest BCUT2D eigenvalue weighted by Gasteiger charge is -2.23. The van der Waals surface area contributed by atoms with Crippen LogP contribution in [0.1, 0.15) is 18.5 Å². The molecule has 140 valence electrons. The average molecular weight is 384 g/mol. The van der Waals surface area contributed by atoms with Gasteiger partial charge in [0.1, 0.15) is 5.75 Å². The van der Waals surface area contributed by atoms with Crippen LogP contribution >= 0.6 is 11.3 Å². The number of carbonyl (C=O) groups is 1. The molecule has 1 saturated heterocycles. The number of methoxy groups -OCH3 is 1. The number of fused-ring (bicyclic) bond motifs is 1. The fraction of sp³-hybridized carbons (Fsp3) is 0.316. The number of nitrogens with zero attached hydrogens (tertiary/aromatic N) is 3. The molecule has 7 nitrogen and oxygen atoms in total. The van der Waals surface area contributed by atoms with Gasteiger partial charge in [-0.1, -0.05) is 0 Å². The molecule has 1 N–H and O–H groups in total. The minimum Gasteiger partial charge on any atom is -0.497 e. The minimum atomic E-state index is -0.226. The molecule has 0 saturated carbocycles. The van der Waals surface area contributed by atoms with Gasteiger partial charge in [0.15, 0.2) is 4.96 Å². The largest absolute Gasteiger partial charge is 0.497 e. The van der Waals surface area contributed by atoms with E-state index in [9.17, 15) is 9.59 Å². The number of thiazole rings is 1. The predicted molar refractivity (Wildman–Crippen MR) is 104 cm³/mol. The zero-order valence-electron chi connectivity index (χ0n) is 14.9. The zero-order chi connectivity index (χ0) is 18.8. The summed E-state index contributed by atoms with van der Waals surface area (Å²) < 4.78 is 6.67. The van der Waals surface area contributed by atoms with E-state index in [-0.39, 0.29) is 17.5 Å². The minimum absolute atomic E-state index is 0.0356. The second-order valence-corrected chi connectivity index (χ2v) is 7.36. The molecule has 1 amide bonds. The molecule has 2 aromatic heterocycles. The summed E-state index contributed by atoms with van der Waals surface area (Å²) in [5, 5.41) is 4.81. The lowest BCUT2D eigenvalue weighted by Crippen LogP contribution is -2.39. The molecule has 3 heterocycles. The van der Waals surface area contributed by atoms with Crippen molar-refractivity contribution in [2.24, 2.45) is 0 Å². The maximum atomic E-state index is 12.7. The number of ether oxygens (including phenoxy) is 1. The number of hydrogen-bond acceptors (Lipinski definition) is 6. The van der Waals surface area contributed by atoms with Crippen LogP contribution in [-0.2, 0) is 11.3 Å². The molecule has 0 bridgehead atoms. The number of nitrogens with one attached hydrogen (secondary N) is 1. The summed E-state index contributed by atoms with van der Waals surface area (Å²) >= 11 is 1.43. The second kappa shape index (κ2) is 7.50. The van der Waals surface area contributed by atoms with Crippen LogP contribution in [0.3, 0.4) is 0 Å². The van der Waals surface area contributed by atoms with Crippen molar-refractivity contribution in [3.63, 3.8) is 0 Å². The molecule has 27 heavy (non-hydrogen) atoms. The Bertz CT molecular complexity index is 1010. The van der Waals surface area contributed by atoms with E-state index < -0.39 is 0 Å². The molecule has 1 aromatic carbocycles. The molecule has 1 fully saturated rings. The van der Waals surface area contributed by atoms with Gasteiger partial charge in [-0.05, 0) is 43.7 Å². The van der Waals surface area contributed by atoms with Gasteiger partial charge in [-0.3, -0.25) is 18.9 Å². The average Bonchev–Trinajstić information content (AvgIpc) is 3.32. The van der Waals surface area contributed by atoms with Crippen molar-refractivity contribution < 1.29 is 9.53 Å². The monoisotopic (exact) mass is 384 g/mol. The fourth-order valence-corrected chi connectivity index (χ4v) is 4.13. The number of carbonyl (C=O) groups excluding carboxylic acids is 1. The molecule has 3 aromatic rings. The summed E-state index contributed by atoms with van der Waals surface area (Å²) in [6, 6.07) is 8.60. The summed E-state index contributed by atoms with van der Waals surface area (Å²) in [7, 11) is 1.61. The van der Waals surface area contributed by atoms with Crippen molar-refractivity contribution in [3.05, 3.63) is 58.0 Å². The first kappa shape index (κ1) is 17.7. The lowest BCUT2D eigenvalue weighted by atomic mass is 10.2. The number of anilines is 1. The first-order valence-electron chi connectivity index (χ1n) is 8.79. The van der Waals surface area contributed by atoms with E-state index in [0.717, 1.165) is 30.8 Å². The molecule has 0 aliphatic carbocycles.